The zero-order valence-corrected chi connectivity index (χ0v) is 4.99. The summed E-state index contributed by atoms with van der Waals surface area (Å²) in [6.07, 6.45) is 1.98. The van der Waals surface area contributed by atoms with E-state index in [0.29, 0.717) is 0 Å². The zero-order chi connectivity index (χ0) is 5.82. The van der Waals surface area contributed by atoms with Crippen LogP contribution < -0.4 is 5.32 Å². The molecule has 1 nitrogen and oxygen atoms in total. The van der Waals surface area contributed by atoms with Crippen molar-refractivity contribution in [1.82, 2.24) is 5.32 Å². The van der Waals surface area contributed by atoms with Crippen molar-refractivity contribution in [2.75, 3.05) is 13.1 Å². The smallest absolute Gasteiger partial charge is 0.0189 e. The molecule has 1 heterocycles. The molecule has 0 atom stereocenters. The van der Waals surface area contributed by atoms with Crippen LogP contribution in [0.5, 0.6) is 0 Å². The Morgan fingerprint density at radius 1 is 1.62 bits per heavy atom. The average Bonchev–Trinajstić information content (AvgIpc) is 1.63. The Morgan fingerprint density at radius 2 is 2.38 bits per heavy atom. The lowest BCUT2D eigenvalue weighted by atomic mass is 10.1. The van der Waals surface area contributed by atoms with E-state index in [-0.39, 0.29) is 0 Å². The number of rotatable bonds is 0. The van der Waals surface area contributed by atoms with Gasteiger partial charge in [-0.3, -0.25) is 0 Å². The Kier molecular flexibility index (Phi) is 1.71. The van der Waals surface area contributed by atoms with E-state index in [9.17, 15) is 0 Å². The van der Waals surface area contributed by atoms with Gasteiger partial charge in [-0.25, -0.2) is 0 Å². The highest BCUT2D eigenvalue weighted by molar-refractivity contribution is 5.25. The van der Waals surface area contributed by atoms with E-state index < -0.39 is 0 Å². The maximum atomic E-state index is 3.13. The monoisotopic (exact) mass is 107 g/mol. The van der Waals surface area contributed by atoms with Crippen molar-refractivity contribution in [3.05, 3.63) is 11.6 Å². The Hall–Kier alpha value is -0.740. The first kappa shape index (κ1) is 5.40. The summed E-state index contributed by atoms with van der Waals surface area (Å²) in [6.45, 7) is 3.92. The van der Waals surface area contributed by atoms with Gasteiger partial charge in [0.2, 0.25) is 0 Å². The van der Waals surface area contributed by atoms with E-state index in [1.807, 2.05) is 13.0 Å². The molecule has 0 amide bonds. The van der Waals surface area contributed by atoms with Crippen molar-refractivity contribution in [1.29, 1.82) is 0 Å². The molecule has 0 spiro atoms. The van der Waals surface area contributed by atoms with Gasteiger partial charge in [-0.15, -0.1) is 5.92 Å². The van der Waals surface area contributed by atoms with E-state index in [1.54, 1.807) is 0 Å². The molecule has 0 aromatic rings. The van der Waals surface area contributed by atoms with Gasteiger partial charge in [0.1, 0.15) is 0 Å². The van der Waals surface area contributed by atoms with Crippen molar-refractivity contribution >= 4 is 0 Å². The predicted molar refractivity (Wildman–Crippen MR) is 34.4 cm³/mol. The van der Waals surface area contributed by atoms with Crippen molar-refractivity contribution in [3.63, 3.8) is 0 Å². The van der Waals surface area contributed by atoms with Gasteiger partial charge in [0, 0.05) is 13.1 Å². The SMILES string of the molecule is CC#CC=C1CNC1. The second kappa shape index (κ2) is 2.54. The fourth-order valence-corrected chi connectivity index (χ4v) is 0.546. The molecule has 0 bridgehead atoms. The molecule has 1 fully saturated rings. The normalized spacial score (nSPS) is 15.9. The molecule has 1 aliphatic rings. The molecule has 1 rings (SSSR count). The predicted octanol–water partition coefficient (Wildman–Crippen LogP) is 0.539. The van der Waals surface area contributed by atoms with E-state index >= 15 is 0 Å². The third kappa shape index (κ3) is 1.11. The molecule has 8 heavy (non-hydrogen) atoms. The first-order valence-electron chi connectivity index (χ1n) is 2.74. The van der Waals surface area contributed by atoms with Gasteiger partial charge >= 0.3 is 0 Å². The van der Waals surface area contributed by atoms with Gasteiger partial charge in [0.05, 0.1) is 0 Å². The second-order valence-corrected chi connectivity index (χ2v) is 1.80. The molecular formula is C7H9N. The Bertz CT molecular complexity index is 151. The largest absolute Gasteiger partial charge is 0.309 e. The molecule has 1 heteroatoms. The highest BCUT2D eigenvalue weighted by Crippen LogP contribution is 1.97. The first-order chi connectivity index (χ1) is 3.93. The summed E-state index contributed by atoms with van der Waals surface area (Å²) in [5.41, 5.74) is 1.42. The highest BCUT2D eigenvalue weighted by Gasteiger charge is 2.03. The van der Waals surface area contributed by atoms with Gasteiger partial charge in [-0.2, -0.15) is 0 Å². The van der Waals surface area contributed by atoms with Crippen molar-refractivity contribution in [3.8, 4) is 11.8 Å². The Balaban J connectivity index is 2.38. The molecule has 0 aliphatic carbocycles. The zero-order valence-electron chi connectivity index (χ0n) is 4.99. The molecule has 1 aliphatic heterocycles. The van der Waals surface area contributed by atoms with Crippen LogP contribution >= 0.6 is 0 Å². The van der Waals surface area contributed by atoms with Crippen LogP contribution in [0.3, 0.4) is 0 Å². The van der Waals surface area contributed by atoms with E-state index in [2.05, 4.69) is 17.2 Å². The highest BCUT2D eigenvalue weighted by atomic mass is 14.9. The number of nitrogens with one attached hydrogen (secondary N) is 1. The molecule has 0 aromatic carbocycles. The van der Waals surface area contributed by atoms with Gasteiger partial charge in [0.25, 0.3) is 0 Å². The molecule has 0 aromatic heterocycles. The summed E-state index contributed by atoms with van der Waals surface area (Å²) in [5, 5.41) is 3.13. The third-order valence-corrected chi connectivity index (χ3v) is 1.12. The number of hydrogen-bond donors (Lipinski definition) is 1. The van der Waals surface area contributed by atoms with Gasteiger partial charge < -0.3 is 5.32 Å². The second-order valence-electron chi connectivity index (χ2n) is 1.80. The quantitative estimate of drug-likeness (QED) is 0.445. The van der Waals surface area contributed by atoms with Crippen LogP contribution in [0, 0.1) is 11.8 Å². The average molecular weight is 107 g/mol. The van der Waals surface area contributed by atoms with Crippen LogP contribution in [0.4, 0.5) is 0 Å². The summed E-state index contributed by atoms with van der Waals surface area (Å²) < 4.78 is 0. The van der Waals surface area contributed by atoms with Crippen LogP contribution in [0.15, 0.2) is 11.6 Å². The molecule has 1 saturated heterocycles. The van der Waals surface area contributed by atoms with E-state index in [4.69, 9.17) is 0 Å². The van der Waals surface area contributed by atoms with E-state index in [1.165, 1.54) is 5.57 Å². The minimum absolute atomic E-state index is 1.04. The molecule has 1 N–H and O–H groups in total. The van der Waals surface area contributed by atoms with Gasteiger partial charge in [0.15, 0.2) is 0 Å². The summed E-state index contributed by atoms with van der Waals surface area (Å²) in [4.78, 5) is 0. The Morgan fingerprint density at radius 3 is 2.75 bits per heavy atom. The minimum Gasteiger partial charge on any atom is -0.309 e. The maximum absolute atomic E-state index is 3.13. The van der Waals surface area contributed by atoms with E-state index in [0.717, 1.165) is 13.1 Å². The maximum Gasteiger partial charge on any atom is 0.0189 e. The summed E-state index contributed by atoms with van der Waals surface area (Å²) in [7, 11) is 0. The lowest BCUT2D eigenvalue weighted by Gasteiger charge is -2.16. The van der Waals surface area contributed by atoms with Crippen molar-refractivity contribution in [2.45, 2.75) is 6.92 Å². The fourth-order valence-electron chi connectivity index (χ4n) is 0.546. The van der Waals surface area contributed by atoms with Crippen LogP contribution in [-0.4, -0.2) is 13.1 Å². The minimum atomic E-state index is 1.04. The topological polar surface area (TPSA) is 12.0 Å². The summed E-state index contributed by atoms with van der Waals surface area (Å²) >= 11 is 0. The Labute approximate surface area is 49.8 Å². The fraction of sp³-hybridized carbons (Fsp3) is 0.429. The lowest BCUT2D eigenvalue weighted by molar-refractivity contribution is 0.669. The summed E-state index contributed by atoms with van der Waals surface area (Å²) in [5.74, 6) is 5.71. The third-order valence-electron chi connectivity index (χ3n) is 1.12. The number of allylic oxidation sites excluding steroid dienone is 1. The lowest BCUT2D eigenvalue weighted by Crippen LogP contribution is -2.33. The van der Waals surface area contributed by atoms with Crippen LogP contribution in [-0.2, 0) is 0 Å². The molecule has 0 saturated carbocycles. The van der Waals surface area contributed by atoms with Crippen LogP contribution in [0.1, 0.15) is 6.92 Å². The van der Waals surface area contributed by atoms with Crippen molar-refractivity contribution in [2.24, 2.45) is 0 Å². The number of hydrogen-bond acceptors (Lipinski definition) is 1. The van der Waals surface area contributed by atoms with Crippen molar-refractivity contribution < 1.29 is 0 Å². The first-order valence-corrected chi connectivity index (χ1v) is 2.74. The summed E-state index contributed by atoms with van der Waals surface area (Å²) in [6, 6.07) is 0. The van der Waals surface area contributed by atoms with Crippen LogP contribution in [0.25, 0.3) is 0 Å². The van der Waals surface area contributed by atoms with Gasteiger partial charge in [-0.1, -0.05) is 5.92 Å². The molecule has 42 valence electrons. The molecular weight excluding hydrogens is 98.1 g/mol. The van der Waals surface area contributed by atoms with Crippen LogP contribution in [0.2, 0.25) is 0 Å². The molecule has 0 unspecified atom stereocenters. The standard InChI is InChI=1S/C7H9N/c1-2-3-4-7-5-8-6-7/h4,8H,5-6H2,1H3. The molecule has 0 radical (unpaired) electrons. The van der Waals surface area contributed by atoms with Gasteiger partial charge in [-0.05, 0) is 18.6 Å².